The number of H-pyrrole nitrogens is 1. The maximum absolute atomic E-state index is 12.2. The summed E-state index contributed by atoms with van der Waals surface area (Å²) in [7, 11) is -2.30. The number of hydrogen-bond donors (Lipinski definition) is 3. The number of aromatic nitrogens is 2. The maximum Gasteiger partial charge on any atom is 0.271 e. The van der Waals surface area contributed by atoms with Gasteiger partial charge in [-0.25, -0.2) is 13.1 Å². The largest absolute Gasteiger partial charge is 0.387 e. The molecule has 0 atom stereocenters. The van der Waals surface area contributed by atoms with Crippen LogP contribution in [-0.2, 0) is 16.6 Å². The predicted molar refractivity (Wildman–Crippen MR) is 75.3 cm³/mol. The van der Waals surface area contributed by atoms with Crippen molar-refractivity contribution in [2.45, 2.75) is 11.4 Å². The molecule has 0 amide bonds. The van der Waals surface area contributed by atoms with Gasteiger partial charge in [-0.15, -0.1) is 0 Å². The number of hydrogen-bond acceptors (Lipinski definition) is 6. The average Bonchev–Trinajstić information content (AvgIpc) is 2.97. The Hall–Kier alpha value is -2.46. The molecule has 1 aromatic carbocycles. The molecule has 0 aliphatic heterocycles. The molecule has 0 fully saturated rings. The molecule has 112 valence electrons. The van der Waals surface area contributed by atoms with Crippen molar-refractivity contribution < 1.29 is 13.3 Å². The highest BCUT2D eigenvalue weighted by Crippen LogP contribution is 2.26. The molecule has 2 rings (SSSR count). The van der Waals surface area contributed by atoms with Crippen molar-refractivity contribution in [3.8, 4) is 0 Å². The molecule has 0 saturated carbocycles. The highest BCUT2D eigenvalue weighted by molar-refractivity contribution is 7.89. The Labute approximate surface area is 120 Å². The quantitative estimate of drug-likeness (QED) is 0.535. The number of anilines is 1. The van der Waals surface area contributed by atoms with E-state index in [1.165, 1.54) is 25.4 Å². The van der Waals surface area contributed by atoms with Crippen LogP contribution in [0.1, 0.15) is 5.56 Å². The molecule has 0 radical (unpaired) electrons. The van der Waals surface area contributed by atoms with Gasteiger partial charge in [0.05, 0.1) is 16.8 Å². The highest BCUT2D eigenvalue weighted by Gasteiger charge is 2.20. The maximum atomic E-state index is 12.2. The first kappa shape index (κ1) is 14.9. The Morgan fingerprint density at radius 3 is 2.76 bits per heavy atom. The normalized spacial score (nSPS) is 11.3. The summed E-state index contributed by atoms with van der Waals surface area (Å²) in [4.78, 5) is 10.1. The van der Waals surface area contributed by atoms with E-state index in [2.05, 4.69) is 20.2 Å². The summed E-state index contributed by atoms with van der Waals surface area (Å²) in [6.07, 6.45) is 3.06. The lowest BCUT2D eigenvalue weighted by Gasteiger charge is -2.10. The van der Waals surface area contributed by atoms with Crippen LogP contribution >= 0.6 is 0 Å². The van der Waals surface area contributed by atoms with Gasteiger partial charge in [-0.1, -0.05) is 0 Å². The van der Waals surface area contributed by atoms with E-state index in [1.54, 1.807) is 6.20 Å². The zero-order valence-corrected chi connectivity index (χ0v) is 11.8. The number of non-ortho nitro benzene ring substituents is 1. The molecule has 0 unspecified atom stereocenters. The van der Waals surface area contributed by atoms with Crippen molar-refractivity contribution in [3.05, 3.63) is 46.3 Å². The third kappa shape index (κ3) is 3.35. The molecule has 1 heterocycles. The monoisotopic (exact) mass is 311 g/mol. The average molecular weight is 311 g/mol. The fraction of sp³-hybridized carbons (Fsp3) is 0.182. The van der Waals surface area contributed by atoms with E-state index in [1.807, 2.05) is 0 Å². The minimum atomic E-state index is -3.80. The van der Waals surface area contributed by atoms with Gasteiger partial charge >= 0.3 is 0 Å². The van der Waals surface area contributed by atoms with E-state index in [4.69, 9.17) is 0 Å². The minimum absolute atomic E-state index is 0.0564. The summed E-state index contributed by atoms with van der Waals surface area (Å²) in [6.45, 7) is 0.0684. The van der Waals surface area contributed by atoms with Crippen LogP contribution < -0.4 is 10.0 Å². The number of nitrogens with one attached hydrogen (secondary N) is 3. The fourth-order valence-electron chi connectivity index (χ4n) is 1.69. The Morgan fingerprint density at radius 2 is 2.19 bits per heavy atom. The Kier molecular flexibility index (Phi) is 4.19. The molecular formula is C11H13N5O4S. The van der Waals surface area contributed by atoms with Crippen molar-refractivity contribution in [2.24, 2.45) is 0 Å². The predicted octanol–water partition coefficient (Wildman–Crippen LogP) is 0.838. The number of aromatic amines is 1. The lowest BCUT2D eigenvalue weighted by molar-refractivity contribution is -0.384. The highest BCUT2D eigenvalue weighted by atomic mass is 32.2. The second kappa shape index (κ2) is 5.89. The van der Waals surface area contributed by atoms with E-state index >= 15 is 0 Å². The zero-order chi connectivity index (χ0) is 15.5. The van der Waals surface area contributed by atoms with E-state index in [9.17, 15) is 18.5 Å². The Bertz CT molecular complexity index is 742. The van der Waals surface area contributed by atoms with Crippen LogP contribution in [0.3, 0.4) is 0 Å². The SMILES string of the molecule is CNc1cc([N+](=O)[O-])ccc1S(=O)(=O)NCc1cn[nH]c1. The van der Waals surface area contributed by atoms with Gasteiger partial charge in [-0.3, -0.25) is 15.2 Å². The molecule has 10 heteroatoms. The number of rotatable bonds is 6. The first-order valence-electron chi connectivity index (χ1n) is 5.87. The molecule has 21 heavy (non-hydrogen) atoms. The topological polar surface area (TPSA) is 130 Å². The lowest BCUT2D eigenvalue weighted by atomic mass is 10.3. The summed E-state index contributed by atoms with van der Waals surface area (Å²) in [6, 6.07) is 3.52. The summed E-state index contributed by atoms with van der Waals surface area (Å²) < 4.78 is 26.9. The second-order valence-corrected chi connectivity index (χ2v) is 5.85. The van der Waals surface area contributed by atoms with Crippen LogP contribution in [0.2, 0.25) is 0 Å². The molecule has 0 aliphatic carbocycles. The fourth-order valence-corrected chi connectivity index (χ4v) is 2.90. The van der Waals surface area contributed by atoms with E-state index < -0.39 is 14.9 Å². The van der Waals surface area contributed by atoms with Crippen molar-refractivity contribution in [1.82, 2.24) is 14.9 Å². The molecule has 0 spiro atoms. The summed E-state index contributed by atoms with van der Waals surface area (Å²) in [5.74, 6) is 0. The van der Waals surface area contributed by atoms with Crippen LogP contribution in [0.25, 0.3) is 0 Å². The lowest BCUT2D eigenvalue weighted by Crippen LogP contribution is -2.24. The molecule has 0 aliphatic rings. The Balaban J connectivity index is 2.28. The van der Waals surface area contributed by atoms with Gasteiger partial charge in [0.1, 0.15) is 4.90 Å². The van der Waals surface area contributed by atoms with Gasteiger partial charge in [0, 0.05) is 37.5 Å². The molecule has 2 aromatic rings. The van der Waals surface area contributed by atoms with Gasteiger partial charge < -0.3 is 5.32 Å². The number of nitrogens with zero attached hydrogens (tertiary/aromatic N) is 2. The molecule has 0 bridgehead atoms. The van der Waals surface area contributed by atoms with Gasteiger partial charge in [0.2, 0.25) is 10.0 Å². The number of benzene rings is 1. The van der Waals surface area contributed by atoms with E-state index in [-0.39, 0.29) is 22.8 Å². The van der Waals surface area contributed by atoms with Crippen molar-refractivity contribution in [2.75, 3.05) is 12.4 Å². The standard InChI is InChI=1S/C11H13N5O4S/c1-12-10-4-9(16(17)18)2-3-11(10)21(19,20)15-7-8-5-13-14-6-8/h2-6,12,15H,7H2,1H3,(H,13,14). The van der Waals surface area contributed by atoms with Crippen molar-refractivity contribution >= 4 is 21.4 Å². The first-order chi connectivity index (χ1) is 9.94. The number of nitro benzene ring substituents is 1. The molecule has 0 saturated heterocycles. The summed E-state index contributed by atoms with van der Waals surface area (Å²) in [5.41, 5.74) is 0.642. The van der Waals surface area contributed by atoms with Crippen LogP contribution in [0.15, 0.2) is 35.5 Å². The molecule has 3 N–H and O–H groups in total. The number of nitro groups is 1. The van der Waals surface area contributed by atoms with E-state index in [0.717, 1.165) is 6.07 Å². The minimum Gasteiger partial charge on any atom is -0.387 e. The summed E-state index contributed by atoms with van der Waals surface area (Å²) >= 11 is 0. The smallest absolute Gasteiger partial charge is 0.271 e. The van der Waals surface area contributed by atoms with Gasteiger partial charge in [-0.05, 0) is 6.07 Å². The number of sulfonamides is 1. The first-order valence-corrected chi connectivity index (χ1v) is 7.36. The van der Waals surface area contributed by atoms with Gasteiger partial charge in [0.25, 0.3) is 5.69 Å². The molecule has 1 aromatic heterocycles. The van der Waals surface area contributed by atoms with Crippen LogP contribution in [0.4, 0.5) is 11.4 Å². The third-order valence-corrected chi connectivity index (χ3v) is 4.21. The Morgan fingerprint density at radius 1 is 1.43 bits per heavy atom. The molecular weight excluding hydrogens is 298 g/mol. The van der Waals surface area contributed by atoms with Gasteiger partial charge in [-0.2, -0.15) is 5.10 Å². The van der Waals surface area contributed by atoms with Crippen molar-refractivity contribution in [1.29, 1.82) is 0 Å². The second-order valence-electron chi connectivity index (χ2n) is 4.12. The summed E-state index contributed by atoms with van der Waals surface area (Å²) in [5, 5.41) is 19.7. The molecule has 9 nitrogen and oxygen atoms in total. The van der Waals surface area contributed by atoms with Crippen LogP contribution in [-0.4, -0.2) is 30.6 Å². The van der Waals surface area contributed by atoms with Gasteiger partial charge in [0.15, 0.2) is 0 Å². The van der Waals surface area contributed by atoms with E-state index in [0.29, 0.717) is 5.56 Å². The third-order valence-electron chi connectivity index (χ3n) is 2.75. The van der Waals surface area contributed by atoms with Crippen molar-refractivity contribution in [3.63, 3.8) is 0 Å². The van der Waals surface area contributed by atoms with Crippen LogP contribution in [0, 0.1) is 10.1 Å². The zero-order valence-electron chi connectivity index (χ0n) is 11.0. The van der Waals surface area contributed by atoms with Crippen LogP contribution in [0.5, 0.6) is 0 Å².